The minimum atomic E-state index is -0.376. The highest BCUT2D eigenvalue weighted by atomic mass is 19.1. The fraction of sp³-hybridized carbons (Fsp3) is 0.533. The van der Waals surface area contributed by atoms with Gasteiger partial charge in [-0.05, 0) is 43.7 Å². The lowest BCUT2D eigenvalue weighted by atomic mass is 10.1. The lowest BCUT2D eigenvalue weighted by Gasteiger charge is -2.22. The zero-order valence-corrected chi connectivity index (χ0v) is 11.1. The van der Waals surface area contributed by atoms with Crippen LogP contribution in [0.4, 0.5) is 4.39 Å². The van der Waals surface area contributed by atoms with Gasteiger partial charge in [-0.1, -0.05) is 19.1 Å². The minimum absolute atomic E-state index is 0.162. The highest BCUT2D eigenvalue weighted by Crippen LogP contribution is 2.30. The fourth-order valence-corrected chi connectivity index (χ4v) is 2.14. The standard InChI is InChI=1S/C15H20FNO/c1-3-9-17(10-12-7-8-12)15(18)13-6-4-5-11(2)14(13)16/h4-6,12H,3,7-10H2,1-2H3. The van der Waals surface area contributed by atoms with E-state index < -0.39 is 0 Å². The second-order valence-corrected chi connectivity index (χ2v) is 5.13. The summed E-state index contributed by atoms with van der Waals surface area (Å²) >= 11 is 0. The summed E-state index contributed by atoms with van der Waals surface area (Å²) in [7, 11) is 0. The van der Waals surface area contributed by atoms with Crippen molar-refractivity contribution < 1.29 is 9.18 Å². The van der Waals surface area contributed by atoms with Crippen molar-refractivity contribution in [1.82, 2.24) is 4.90 Å². The molecular weight excluding hydrogens is 229 g/mol. The third-order valence-electron chi connectivity index (χ3n) is 3.38. The van der Waals surface area contributed by atoms with Crippen LogP contribution in [0.3, 0.4) is 0 Å². The van der Waals surface area contributed by atoms with E-state index in [1.165, 1.54) is 12.8 Å². The first-order chi connectivity index (χ1) is 8.63. The summed E-state index contributed by atoms with van der Waals surface area (Å²) in [6.45, 7) is 5.22. The van der Waals surface area contributed by atoms with E-state index in [1.54, 1.807) is 30.0 Å². The normalized spacial score (nSPS) is 14.6. The number of hydrogen-bond donors (Lipinski definition) is 0. The van der Waals surface area contributed by atoms with Gasteiger partial charge in [0.15, 0.2) is 0 Å². The average Bonchev–Trinajstić information content (AvgIpc) is 3.15. The largest absolute Gasteiger partial charge is 0.338 e. The third kappa shape index (κ3) is 2.89. The SMILES string of the molecule is CCCN(CC1CC1)C(=O)c1cccc(C)c1F. The molecule has 1 fully saturated rings. The smallest absolute Gasteiger partial charge is 0.256 e. The average molecular weight is 249 g/mol. The van der Waals surface area contributed by atoms with Crippen molar-refractivity contribution in [3.05, 3.63) is 35.1 Å². The molecule has 0 saturated heterocycles. The summed E-state index contributed by atoms with van der Waals surface area (Å²) < 4.78 is 14.0. The molecule has 0 aliphatic heterocycles. The zero-order chi connectivity index (χ0) is 13.1. The quantitative estimate of drug-likeness (QED) is 0.783. The van der Waals surface area contributed by atoms with Crippen LogP contribution in [-0.2, 0) is 0 Å². The van der Waals surface area contributed by atoms with E-state index in [-0.39, 0.29) is 17.3 Å². The first-order valence-electron chi connectivity index (χ1n) is 6.68. The van der Waals surface area contributed by atoms with Gasteiger partial charge in [0.05, 0.1) is 5.56 Å². The molecule has 0 radical (unpaired) electrons. The van der Waals surface area contributed by atoms with Crippen molar-refractivity contribution >= 4 is 5.91 Å². The molecule has 98 valence electrons. The number of nitrogens with zero attached hydrogens (tertiary/aromatic N) is 1. The predicted molar refractivity (Wildman–Crippen MR) is 70.1 cm³/mol. The van der Waals surface area contributed by atoms with Crippen LogP contribution in [0.15, 0.2) is 18.2 Å². The van der Waals surface area contributed by atoms with Crippen LogP contribution in [0.5, 0.6) is 0 Å². The third-order valence-corrected chi connectivity index (χ3v) is 3.38. The number of aryl methyl sites for hydroxylation is 1. The Morgan fingerprint density at radius 2 is 2.17 bits per heavy atom. The zero-order valence-electron chi connectivity index (χ0n) is 11.1. The second-order valence-electron chi connectivity index (χ2n) is 5.13. The number of hydrogen-bond acceptors (Lipinski definition) is 1. The Kier molecular flexibility index (Phi) is 4.00. The van der Waals surface area contributed by atoms with Gasteiger partial charge in [0, 0.05) is 13.1 Å². The second kappa shape index (κ2) is 5.51. The van der Waals surface area contributed by atoms with Gasteiger partial charge in [0.1, 0.15) is 5.82 Å². The van der Waals surface area contributed by atoms with Crippen LogP contribution in [-0.4, -0.2) is 23.9 Å². The van der Waals surface area contributed by atoms with E-state index in [1.807, 2.05) is 6.92 Å². The molecule has 3 heteroatoms. The molecule has 1 aromatic rings. The summed E-state index contributed by atoms with van der Waals surface area (Å²) in [5, 5.41) is 0. The number of rotatable bonds is 5. The number of amides is 1. The van der Waals surface area contributed by atoms with Crippen molar-refractivity contribution in [2.45, 2.75) is 33.1 Å². The molecule has 2 rings (SSSR count). The number of benzene rings is 1. The molecule has 0 unspecified atom stereocenters. The van der Waals surface area contributed by atoms with E-state index in [0.29, 0.717) is 18.0 Å². The molecule has 1 aliphatic carbocycles. The summed E-state index contributed by atoms with van der Waals surface area (Å²) in [6, 6.07) is 5.02. The van der Waals surface area contributed by atoms with Crippen molar-refractivity contribution in [2.24, 2.45) is 5.92 Å². The van der Waals surface area contributed by atoms with Crippen molar-refractivity contribution in [3.8, 4) is 0 Å². The highest BCUT2D eigenvalue weighted by molar-refractivity contribution is 5.94. The monoisotopic (exact) mass is 249 g/mol. The number of halogens is 1. The first kappa shape index (κ1) is 13.1. The summed E-state index contributed by atoms with van der Waals surface area (Å²) in [5.41, 5.74) is 0.743. The molecule has 0 atom stereocenters. The van der Waals surface area contributed by atoms with Gasteiger partial charge in [0.25, 0.3) is 5.91 Å². The van der Waals surface area contributed by atoms with E-state index in [9.17, 15) is 9.18 Å². The molecule has 18 heavy (non-hydrogen) atoms. The van der Waals surface area contributed by atoms with Gasteiger partial charge in [-0.15, -0.1) is 0 Å². The Balaban J connectivity index is 2.17. The van der Waals surface area contributed by atoms with Gasteiger partial charge in [-0.25, -0.2) is 4.39 Å². The maximum atomic E-state index is 14.0. The Labute approximate surface area is 108 Å². The lowest BCUT2D eigenvalue weighted by molar-refractivity contribution is 0.0743. The van der Waals surface area contributed by atoms with Crippen molar-refractivity contribution in [3.63, 3.8) is 0 Å². The van der Waals surface area contributed by atoms with Crippen LogP contribution < -0.4 is 0 Å². The molecule has 0 aromatic heterocycles. The minimum Gasteiger partial charge on any atom is -0.338 e. The molecule has 1 aromatic carbocycles. The molecule has 1 amide bonds. The van der Waals surface area contributed by atoms with Gasteiger partial charge in [0.2, 0.25) is 0 Å². The fourth-order valence-electron chi connectivity index (χ4n) is 2.14. The number of carbonyl (C=O) groups excluding carboxylic acids is 1. The maximum Gasteiger partial charge on any atom is 0.256 e. The van der Waals surface area contributed by atoms with Gasteiger partial charge in [-0.2, -0.15) is 0 Å². The predicted octanol–water partition coefficient (Wildman–Crippen LogP) is 3.40. The van der Waals surface area contributed by atoms with Gasteiger partial charge >= 0.3 is 0 Å². The van der Waals surface area contributed by atoms with Crippen LogP contribution in [0.2, 0.25) is 0 Å². The van der Waals surface area contributed by atoms with E-state index in [2.05, 4.69) is 0 Å². The molecule has 0 bridgehead atoms. The molecular formula is C15H20FNO. The van der Waals surface area contributed by atoms with Crippen LogP contribution in [0, 0.1) is 18.7 Å². The van der Waals surface area contributed by atoms with Crippen molar-refractivity contribution in [1.29, 1.82) is 0 Å². The highest BCUT2D eigenvalue weighted by Gasteiger charge is 2.28. The molecule has 1 saturated carbocycles. The molecule has 0 heterocycles. The maximum absolute atomic E-state index is 14.0. The first-order valence-corrected chi connectivity index (χ1v) is 6.68. The van der Waals surface area contributed by atoms with Crippen LogP contribution in [0.25, 0.3) is 0 Å². The Hall–Kier alpha value is -1.38. The summed E-state index contributed by atoms with van der Waals surface area (Å²) in [6.07, 6.45) is 3.31. The van der Waals surface area contributed by atoms with Gasteiger partial charge in [-0.3, -0.25) is 4.79 Å². The Bertz CT molecular complexity index is 440. The van der Waals surface area contributed by atoms with Crippen molar-refractivity contribution in [2.75, 3.05) is 13.1 Å². The van der Waals surface area contributed by atoms with Gasteiger partial charge < -0.3 is 4.90 Å². The Morgan fingerprint density at radius 1 is 1.44 bits per heavy atom. The topological polar surface area (TPSA) is 20.3 Å². The lowest BCUT2D eigenvalue weighted by Crippen LogP contribution is -2.34. The molecule has 1 aliphatic rings. The van der Waals surface area contributed by atoms with E-state index in [0.717, 1.165) is 13.0 Å². The van der Waals surface area contributed by atoms with E-state index in [4.69, 9.17) is 0 Å². The van der Waals surface area contributed by atoms with Crippen LogP contribution >= 0.6 is 0 Å². The molecule has 2 nitrogen and oxygen atoms in total. The molecule has 0 N–H and O–H groups in total. The summed E-state index contributed by atoms with van der Waals surface area (Å²) in [5.74, 6) is 0.0951. The summed E-state index contributed by atoms with van der Waals surface area (Å²) in [4.78, 5) is 14.2. The van der Waals surface area contributed by atoms with E-state index >= 15 is 0 Å². The molecule has 0 spiro atoms. The van der Waals surface area contributed by atoms with Crippen LogP contribution in [0.1, 0.15) is 42.1 Å². The Morgan fingerprint density at radius 3 is 2.78 bits per heavy atom. The number of carbonyl (C=O) groups is 1.